The fourth-order valence-corrected chi connectivity index (χ4v) is 13.6. The number of nitrogens with one attached hydrogen (secondary N) is 6. The molecule has 10 bridgehead atoms. The van der Waals surface area contributed by atoms with E-state index in [-0.39, 0.29) is 59.7 Å². The normalized spacial score (nSPS) is 16.5. The molecule has 0 saturated heterocycles. The number of aliphatic carboxylic acids is 1. The van der Waals surface area contributed by atoms with Crippen molar-refractivity contribution in [3.63, 3.8) is 0 Å². The minimum atomic E-state index is -1.28. The Balaban J connectivity index is 1.12. The van der Waals surface area contributed by atoms with Crippen molar-refractivity contribution in [1.82, 2.24) is 61.5 Å². The van der Waals surface area contributed by atoms with Gasteiger partial charge in [-0.15, -0.1) is 68.0 Å². The van der Waals surface area contributed by atoms with E-state index < -0.39 is 72.2 Å². The number of anilines is 1. The van der Waals surface area contributed by atoms with Gasteiger partial charge in [-0.3, -0.25) is 33.6 Å². The van der Waals surface area contributed by atoms with E-state index in [9.17, 15) is 38.7 Å². The number of carbonyl (C=O) groups is 7. The van der Waals surface area contributed by atoms with E-state index >= 15 is 0 Å². The zero-order valence-corrected chi connectivity index (χ0v) is 47.9. The Hall–Kier alpha value is -7.64. The summed E-state index contributed by atoms with van der Waals surface area (Å²) in [4.78, 5) is 127. The summed E-state index contributed by atoms with van der Waals surface area (Å²) < 4.78 is 5.44. The number of carboxylic acid groups (broad SMARTS) is 1. The van der Waals surface area contributed by atoms with Crippen LogP contribution in [0.15, 0.2) is 64.0 Å². The average Bonchev–Trinajstić information content (AvgIpc) is 4.33. The van der Waals surface area contributed by atoms with Crippen molar-refractivity contribution in [3.05, 3.63) is 111 Å². The van der Waals surface area contributed by atoms with Gasteiger partial charge in [-0.2, -0.15) is 0 Å². The minimum absolute atomic E-state index is 0.00173. The zero-order valence-electron chi connectivity index (χ0n) is 43.0. The number of hydrogen-bond donors (Lipinski definition) is 8. The lowest BCUT2D eigenvalue weighted by atomic mass is 10.0. The lowest BCUT2D eigenvalue weighted by Gasteiger charge is -2.23. The summed E-state index contributed by atoms with van der Waals surface area (Å²) in [7, 11) is 2.93. The lowest BCUT2D eigenvalue weighted by molar-refractivity contribution is -0.138. The monoisotopic (exact) mass is 1200 g/mol. The van der Waals surface area contributed by atoms with Gasteiger partial charge in [-0.25, -0.2) is 34.9 Å². The lowest BCUT2D eigenvalue weighted by Crippen LogP contribution is -2.40. The number of ether oxygens (including phenoxy) is 1. The van der Waals surface area contributed by atoms with Crippen LogP contribution in [0, 0.1) is 12.8 Å². The van der Waals surface area contributed by atoms with E-state index in [1.54, 1.807) is 70.9 Å². The number of aryl methyl sites for hydroxylation is 1. The Bertz CT molecular complexity index is 3620. The van der Waals surface area contributed by atoms with Gasteiger partial charge < -0.3 is 46.9 Å². The summed E-state index contributed by atoms with van der Waals surface area (Å²) in [5.74, 6) is -4.60. The number of aromatic nitrogens is 7. The summed E-state index contributed by atoms with van der Waals surface area (Å²) in [5.41, 5.74) is 2.56. The van der Waals surface area contributed by atoms with Gasteiger partial charge in [0.15, 0.2) is 0 Å². The van der Waals surface area contributed by atoms with Crippen LogP contribution >= 0.6 is 68.0 Å². The molecule has 0 spiro atoms. The van der Waals surface area contributed by atoms with Crippen molar-refractivity contribution >= 4 is 115 Å². The first-order chi connectivity index (χ1) is 38.5. The van der Waals surface area contributed by atoms with Crippen LogP contribution in [-0.2, 0) is 30.5 Å². The molecule has 8 heterocycles. The fraction of sp³-hybridized carbons (Fsp3) is 0.294. The van der Waals surface area contributed by atoms with Crippen LogP contribution < -0.4 is 31.9 Å². The maximum absolute atomic E-state index is 14.2. The molecule has 6 amide bonds. The van der Waals surface area contributed by atoms with E-state index in [4.69, 9.17) is 29.8 Å². The molecule has 7 aromatic heterocycles. The first kappa shape index (κ1) is 57.1. The molecule has 414 valence electrons. The molecule has 0 saturated carbocycles. The number of fused-ring (bicyclic) bond motifs is 14. The maximum atomic E-state index is 14.2. The van der Waals surface area contributed by atoms with Crippen LogP contribution in [0.4, 0.5) is 5.82 Å². The number of amides is 6. The third kappa shape index (κ3) is 13.2. The minimum Gasteiger partial charge on any atom is -0.481 e. The molecule has 4 atom stereocenters. The van der Waals surface area contributed by atoms with Crippen molar-refractivity contribution < 1.29 is 48.5 Å². The highest BCUT2D eigenvalue weighted by Crippen LogP contribution is 2.40. The predicted octanol–water partition coefficient (Wildman–Crippen LogP) is 7.12. The summed E-state index contributed by atoms with van der Waals surface area (Å²) in [6.07, 6.45) is -2.10. The number of methoxy groups -OCH3 is 1. The van der Waals surface area contributed by atoms with Gasteiger partial charge in [0.05, 0.1) is 48.6 Å². The van der Waals surface area contributed by atoms with Crippen LogP contribution in [0.25, 0.3) is 43.4 Å². The first-order valence-corrected chi connectivity index (χ1v) is 29.6. The number of nitrogens with zero attached hydrogens (tertiary/aromatic N) is 7. The molecular weight excluding hydrogens is 1150 g/mol. The highest BCUT2D eigenvalue weighted by molar-refractivity contribution is 7.15. The quantitative estimate of drug-likeness (QED) is 0.0604. The Morgan fingerprint density at radius 2 is 1.40 bits per heavy atom. The molecule has 23 nitrogen and oxygen atoms in total. The Morgan fingerprint density at radius 1 is 0.688 bits per heavy atom. The third-order valence-corrected chi connectivity index (χ3v) is 17.8. The molecule has 1 aliphatic rings. The largest absolute Gasteiger partial charge is 0.481 e. The van der Waals surface area contributed by atoms with Gasteiger partial charge in [-0.1, -0.05) is 44.2 Å². The van der Waals surface area contributed by atoms with Gasteiger partial charge >= 0.3 is 5.97 Å². The fourth-order valence-electron chi connectivity index (χ4n) is 8.07. The molecule has 80 heavy (non-hydrogen) atoms. The number of aliphatic hydroxyl groups excluding tert-OH is 1. The van der Waals surface area contributed by atoms with E-state index in [1.807, 2.05) is 13.8 Å². The average molecular weight is 1200 g/mol. The third-order valence-electron chi connectivity index (χ3n) is 12.1. The molecule has 1 aromatic carbocycles. The predicted molar refractivity (Wildman–Crippen MR) is 302 cm³/mol. The molecule has 0 radical (unpaired) electrons. The molecule has 0 aliphatic carbocycles. The van der Waals surface area contributed by atoms with Crippen LogP contribution in [0.1, 0.15) is 119 Å². The molecular formula is C51H49N13O10S6. The van der Waals surface area contributed by atoms with E-state index in [2.05, 4.69) is 46.9 Å². The highest BCUT2D eigenvalue weighted by atomic mass is 32.1. The standard InChI is InChI=1S/C51H49N13O10S6/c1-22(2)37-51-64-40(31(80-51)17-74-5)44(72)53-16-35(67)61-41(42(70)24-9-7-6-8-10-24)50-58-30(20-77-50)48-56-28(18-76-48)39-25(11-12-26(54-39)47-60-32(21-78-47)59-33(65)13-14-36(68)69)46-57-29(19-75-46)43(71)55-27(15-34(66)52-4)49-63-38(23(3)79-49)45(73)62-37/h6-12,18-22,27,37,41-42,70H,13-17H2,1-5H3,(H,52,66)(H,53,72)(H,55,71)(H,59,65)(H,61,67)(H,62,73)(H,68,69)/t27-,37+,41-,42-/m0/s1. The van der Waals surface area contributed by atoms with Crippen LogP contribution in [-0.4, -0.2) is 107 Å². The number of rotatable bonds is 12. The van der Waals surface area contributed by atoms with E-state index in [1.165, 1.54) is 48.2 Å². The molecule has 0 fully saturated rings. The number of hydrogen-bond acceptors (Lipinski definition) is 22. The summed E-state index contributed by atoms with van der Waals surface area (Å²) >= 11 is 7.07. The number of benzene rings is 1. The van der Waals surface area contributed by atoms with Crippen LogP contribution in [0.3, 0.4) is 0 Å². The molecule has 9 rings (SSSR count). The van der Waals surface area contributed by atoms with Gasteiger partial charge in [0.1, 0.15) is 82.2 Å². The summed E-state index contributed by atoms with van der Waals surface area (Å²) in [6.45, 7) is 4.93. The Morgan fingerprint density at radius 3 is 2.15 bits per heavy atom. The number of aliphatic hydroxyl groups is 1. The van der Waals surface area contributed by atoms with Gasteiger partial charge in [0.2, 0.25) is 17.7 Å². The van der Waals surface area contributed by atoms with Gasteiger partial charge in [-0.05, 0) is 30.5 Å². The molecule has 29 heteroatoms. The second kappa shape index (κ2) is 25.2. The van der Waals surface area contributed by atoms with Crippen LogP contribution in [0.2, 0.25) is 0 Å². The summed E-state index contributed by atoms with van der Waals surface area (Å²) in [6, 6.07) is 9.37. The van der Waals surface area contributed by atoms with Crippen LogP contribution in [0.5, 0.6) is 0 Å². The number of thiazole rings is 6. The SMILES string of the molecule is CNC(=O)C[C@@H]1NC(=O)c2csc(n2)-c2ccc(-c3nc(NC(=O)CCC(=O)O)cs3)nc2-c2csc(n2)-c2csc(n2)[C@H]([C@@H](O)c2ccccc2)NC(=O)CNC(=O)c2nc(sc2COC)[C@@H](C(C)C)NC(=O)c2nc1sc2C. The Kier molecular flexibility index (Phi) is 18.0. The van der Waals surface area contributed by atoms with Crippen molar-refractivity contribution in [2.75, 3.05) is 26.0 Å². The number of carbonyl (C=O) groups excluding carboxylic acids is 6. The van der Waals surface area contributed by atoms with E-state index in [0.717, 1.165) is 34.0 Å². The number of carboxylic acids is 1. The van der Waals surface area contributed by atoms with Crippen molar-refractivity contribution in [2.24, 2.45) is 5.92 Å². The maximum Gasteiger partial charge on any atom is 0.303 e. The second-order valence-electron chi connectivity index (χ2n) is 18.1. The molecule has 8 N–H and O–H groups in total. The molecule has 1 aliphatic heterocycles. The molecule has 8 aromatic rings. The van der Waals surface area contributed by atoms with E-state index in [0.29, 0.717) is 68.7 Å². The van der Waals surface area contributed by atoms with Gasteiger partial charge in [0.25, 0.3) is 17.7 Å². The second-order valence-corrected chi connectivity index (χ2v) is 23.9. The topological polar surface area (TPSA) is 332 Å². The highest BCUT2D eigenvalue weighted by Gasteiger charge is 2.33. The zero-order chi connectivity index (χ0) is 56.8. The van der Waals surface area contributed by atoms with Crippen molar-refractivity contribution in [3.8, 4) is 43.4 Å². The molecule has 0 unspecified atom stereocenters. The van der Waals surface area contributed by atoms with Crippen molar-refractivity contribution in [1.29, 1.82) is 0 Å². The Labute approximate surface area is 479 Å². The number of pyridine rings is 1. The van der Waals surface area contributed by atoms with Gasteiger partial charge in [0, 0.05) is 52.5 Å². The van der Waals surface area contributed by atoms with Crippen molar-refractivity contribution in [2.45, 2.75) is 70.9 Å². The smallest absolute Gasteiger partial charge is 0.303 e. The summed E-state index contributed by atoms with van der Waals surface area (Å²) in [5, 5.41) is 46.5. The first-order valence-electron chi connectivity index (χ1n) is 24.4.